The molecule has 0 aliphatic carbocycles. The lowest BCUT2D eigenvalue weighted by Crippen LogP contribution is -2.41. The Kier molecular flexibility index (Phi) is 2.78. The van der Waals surface area contributed by atoms with Gasteiger partial charge in [-0.15, -0.1) is 0 Å². The second kappa shape index (κ2) is 4.73. The fraction of sp³-hybridized carbons (Fsp3) is 0.368. The molecule has 6 nitrogen and oxygen atoms in total. The average molecular weight is 338 g/mol. The predicted octanol–water partition coefficient (Wildman–Crippen LogP) is 2.09. The van der Waals surface area contributed by atoms with E-state index in [1.807, 2.05) is 43.3 Å². The standard InChI is InChI=1S/C19H18N2O4/c1-10-7-11-8-12(3-4-13(11)24-10)20-17(22)15-14-5-6-19(25-14)9-21(2)18(23)16(15)19/h3-8,14-16H,9H2,1-2H3,(H,20,22)/t14-,15-,16+,19-/m0/s1. The van der Waals surface area contributed by atoms with E-state index in [1.165, 1.54) is 0 Å². The number of nitrogens with one attached hydrogen (secondary N) is 1. The minimum Gasteiger partial charge on any atom is -0.461 e. The number of hydrogen-bond acceptors (Lipinski definition) is 4. The number of likely N-dealkylation sites (tertiary alicyclic amines) is 1. The highest BCUT2D eigenvalue weighted by Gasteiger charge is 2.66. The van der Waals surface area contributed by atoms with E-state index < -0.39 is 17.4 Å². The van der Waals surface area contributed by atoms with Crippen molar-refractivity contribution in [3.05, 3.63) is 42.2 Å². The van der Waals surface area contributed by atoms with Crippen LogP contribution >= 0.6 is 0 Å². The van der Waals surface area contributed by atoms with E-state index in [4.69, 9.17) is 9.15 Å². The van der Waals surface area contributed by atoms with Gasteiger partial charge >= 0.3 is 0 Å². The number of nitrogens with zero attached hydrogens (tertiary/aromatic N) is 1. The van der Waals surface area contributed by atoms with Gasteiger partial charge in [-0.05, 0) is 31.2 Å². The number of rotatable bonds is 2. The molecule has 5 rings (SSSR count). The number of likely N-dealkylation sites (N-methyl/N-ethyl adjacent to an activating group) is 1. The number of carbonyl (C=O) groups excluding carboxylic acids is 2. The second-order valence-electron chi connectivity index (χ2n) is 7.19. The van der Waals surface area contributed by atoms with Crippen molar-refractivity contribution >= 4 is 28.5 Å². The Bertz CT molecular complexity index is 946. The van der Waals surface area contributed by atoms with Crippen molar-refractivity contribution < 1.29 is 18.7 Å². The fourth-order valence-corrected chi connectivity index (χ4v) is 4.47. The van der Waals surface area contributed by atoms with Gasteiger partial charge in [-0.25, -0.2) is 0 Å². The Balaban J connectivity index is 1.44. The van der Waals surface area contributed by atoms with Gasteiger partial charge in [0.25, 0.3) is 0 Å². The van der Waals surface area contributed by atoms with Gasteiger partial charge in [0.2, 0.25) is 11.8 Å². The van der Waals surface area contributed by atoms with Crippen molar-refractivity contribution in [2.24, 2.45) is 11.8 Å². The van der Waals surface area contributed by atoms with E-state index in [-0.39, 0.29) is 17.9 Å². The molecule has 1 aromatic carbocycles. The van der Waals surface area contributed by atoms with Crippen LogP contribution in [0, 0.1) is 18.8 Å². The number of aryl methyl sites for hydroxylation is 1. The van der Waals surface area contributed by atoms with Gasteiger partial charge in [-0.3, -0.25) is 9.59 Å². The van der Waals surface area contributed by atoms with Crippen molar-refractivity contribution in [1.82, 2.24) is 4.90 Å². The lowest BCUT2D eigenvalue weighted by molar-refractivity contribution is -0.134. The van der Waals surface area contributed by atoms with Crippen molar-refractivity contribution in [2.75, 3.05) is 18.9 Å². The molecular formula is C19H18N2O4. The molecule has 3 aliphatic rings. The summed E-state index contributed by atoms with van der Waals surface area (Å²) in [6.45, 7) is 2.40. The Hall–Kier alpha value is -2.60. The molecule has 0 unspecified atom stereocenters. The summed E-state index contributed by atoms with van der Waals surface area (Å²) >= 11 is 0. The fourth-order valence-electron chi connectivity index (χ4n) is 4.47. The van der Waals surface area contributed by atoms with E-state index in [0.29, 0.717) is 12.2 Å². The molecule has 2 saturated heterocycles. The van der Waals surface area contributed by atoms with E-state index in [0.717, 1.165) is 16.7 Å². The van der Waals surface area contributed by atoms with Crippen LogP contribution in [-0.2, 0) is 14.3 Å². The zero-order chi connectivity index (χ0) is 17.3. The molecule has 0 saturated carbocycles. The minimum absolute atomic E-state index is 0.0205. The van der Waals surface area contributed by atoms with Gasteiger partial charge in [-0.1, -0.05) is 12.2 Å². The molecule has 128 valence electrons. The molecule has 0 radical (unpaired) electrons. The Morgan fingerprint density at radius 2 is 2.20 bits per heavy atom. The second-order valence-corrected chi connectivity index (χ2v) is 7.19. The first-order valence-electron chi connectivity index (χ1n) is 8.40. The molecule has 3 aliphatic heterocycles. The van der Waals surface area contributed by atoms with E-state index in [9.17, 15) is 9.59 Å². The number of hydrogen-bond donors (Lipinski definition) is 1. The summed E-state index contributed by atoms with van der Waals surface area (Å²) in [5, 5.41) is 3.89. The molecule has 2 aromatic rings. The van der Waals surface area contributed by atoms with E-state index in [1.54, 1.807) is 11.9 Å². The Labute approximate surface area is 144 Å². The first-order valence-corrected chi connectivity index (χ1v) is 8.40. The van der Waals surface area contributed by atoms with Crippen LogP contribution in [-0.4, -0.2) is 42.0 Å². The quantitative estimate of drug-likeness (QED) is 0.851. The van der Waals surface area contributed by atoms with Crippen molar-refractivity contribution in [1.29, 1.82) is 0 Å². The van der Waals surface area contributed by atoms with Gasteiger partial charge in [-0.2, -0.15) is 0 Å². The molecule has 1 N–H and O–H groups in total. The van der Waals surface area contributed by atoms with Gasteiger partial charge in [0.15, 0.2) is 0 Å². The number of benzene rings is 1. The predicted molar refractivity (Wildman–Crippen MR) is 90.9 cm³/mol. The number of carbonyl (C=O) groups is 2. The molecule has 1 aromatic heterocycles. The molecular weight excluding hydrogens is 320 g/mol. The zero-order valence-corrected chi connectivity index (χ0v) is 14.0. The molecule has 25 heavy (non-hydrogen) atoms. The van der Waals surface area contributed by atoms with Crippen LogP contribution in [0.3, 0.4) is 0 Å². The van der Waals surface area contributed by atoms with Crippen molar-refractivity contribution in [3.63, 3.8) is 0 Å². The van der Waals surface area contributed by atoms with Crippen LogP contribution in [0.4, 0.5) is 5.69 Å². The van der Waals surface area contributed by atoms with Crippen LogP contribution < -0.4 is 5.32 Å². The smallest absolute Gasteiger partial charge is 0.231 e. The maximum Gasteiger partial charge on any atom is 0.231 e. The normalized spacial score (nSPS) is 32.6. The molecule has 2 amide bonds. The summed E-state index contributed by atoms with van der Waals surface area (Å²) in [6.07, 6.45) is 3.53. The van der Waals surface area contributed by atoms with Crippen molar-refractivity contribution in [2.45, 2.75) is 18.6 Å². The SMILES string of the molecule is Cc1cc2cc(NC(=O)[C@H]3[C@@H]4C=C[C@@]5(CN(C)C(=O)[C@@H]35)O4)ccc2o1. The summed E-state index contributed by atoms with van der Waals surface area (Å²) in [4.78, 5) is 27.1. The molecule has 4 atom stereocenters. The van der Waals surface area contributed by atoms with Crippen LogP contribution in [0.1, 0.15) is 5.76 Å². The zero-order valence-electron chi connectivity index (χ0n) is 14.0. The monoisotopic (exact) mass is 338 g/mol. The average Bonchev–Trinajstić information content (AvgIpc) is 3.27. The van der Waals surface area contributed by atoms with Crippen LogP contribution in [0.15, 0.2) is 40.8 Å². The number of furan rings is 1. The third kappa shape index (κ3) is 1.94. The van der Waals surface area contributed by atoms with Gasteiger partial charge in [0.05, 0.1) is 24.5 Å². The van der Waals surface area contributed by atoms with E-state index in [2.05, 4.69) is 5.32 Å². The molecule has 2 fully saturated rings. The van der Waals surface area contributed by atoms with Crippen LogP contribution in [0.5, 0.6) is 0 Å². The number of fused-ring (bicyclic) bond motifs is 2. The minimum atomic E-state index is -0.635. The number of anilines is 1. The van der Waals surface area contributed by atoms with Gasteiger partial charge in [0.1, 0.15) is 16.9 Å². The molecule has 2 bridgehead atoms. The van der Waals surface area contributed by atoms with Crippen LogP contribution in [0.2, 0.25) is 0 Å². The molecule has 6 heteroatoms. The summed E-state index contributed by atoms with van der Waals surface area (Å²) in [5.41, 5.74) is 0.843. The summed E-state index contributed by atoms with van der Waals surface area (Å²) in [7, 11) is 1.75. The van der Waals surface area contributed by atoms with E-state index >= 15 is 0 Å². The largest absolute Gasteiger partial charge is 0.461 e. The number of ether oxygens (including phenoxy) is 1. The molecule has 1 spiro atoms. The summed E-state index contributed by atoms with van der Waals surface area (Å²) in [6, 6.07) is 7.46. The Morgan fingerprint density at radius 1 is 1.36 bits per heavy atom. The first kappa shape index (κ1) is 14.7. The maximum absolute atomic E-state index is 12.9. The summed E-state index contributed by atoms with van der Waals surface area (Å²) in [5.74, 6) is -0.305. The van der Waals surface area contributed by atoms with Crippen LogP contribution in [0.25, 0.3) is 11.0 Å². The highest BCUT2D eigenvalue weighted by molar-refractivity contribution is 6.00. The first-order chi connectivity index (χ1) is 12.0. The summed E-state index contributed by atoms with van der Waals surface area (Å²) < 4.78 is 11.6. The van der Waals surface area contributed by atoms with Gasteiger partial charge < -0.3 is 19.4 Å². The third-order valence-electron chi connectivity index (χ3n) is 5.50. The highest BCUT2D eigenvalue weighted by Crippen LogP contribution is 2.51. The third-order valence-corrected chi connectivity index (χ3v) is 5.50. The topological polar surface area (TPSA) is 71.8 Å². The Morgan fingerprint density at radius 3 is 3.04 bits per heavy atom. The van der Waals surface area contributed by atoms with Crippen molar-refractivity contribution in [3.8, 4) is 0 Å². The number of amides is 2. The lowest BCUT2D eigenvalue weighted by atomic mass is 9.77. The van der Waals surface area contributed by atoms with Gasteiger partial charge in [0, 0.05) is 18.1 Å². The highest BCUT2D eigenvalue weighted by atomic mass is 16.5. The molecule has 4 heterocycles. The maximum atomic E-state index is 12.9. The lowest BCUT2D eigenvalue weighted by Gasteiger charge is -2.23.